The summed E-state index contributed by atoms with van der Waals surface area (Å²) in [6.07, 6.45) is 1.91. The van der Waals surface area contributed by atoms with E-state index in [1.807, 2.05) is 16.3 Å². The zero-order chi connectivity index (χ0) is 22.0. The van der Waals surface area contributed by atoms with Crippen LogP contribution in [0.4, 0.5) is 5.69 Å². The van der Waals surface area contributed by atoms with Crippen molar-refractivity contribution >= 4 is 33.0 Å². The van der Waals surface area contributed by atoms with Crippen molar-refractivity contribution in [1.29, 1.82) is 0 Å². The van der Waals surface area contributed by atoms with Gasteiger partial charge in [0.05, 0.1) is 23.7 Å². The molecule has 2 aromatic carbocycles. The number of methoxy groups -OCH3 is 1. The molecule has 1 amide bonds. The summed E-state index contributed by atoms with van der Waals surface area (Å²) in [5.74, 6) is 0.395. The maximum atomic E-state index is 13.1. The van der Waals surface area contributed by atoms with E-state index >= 15 is 0 Å². The average molecular weight is 457 g/mol. The Kier molecular flexibility index (Phi) is 6.02. The molecular formula is C23H24N2O4S2. The summed E-state index contributed by atoms with van der Waals surface area (Å²) in [4.78, 5) is 16.3. The van der Waals surface area contributed by atoms with E-state index in [1.165, 1.54) is 35.5 Å². The molecule has 3 aromatic rings. The molecule has 0 radical (unpaired) electrons. The van der Waals surface area contributed by atoms with Gasteiger partial charge >= 0.3 is 0 Å². The summed E-state index contributed by atoms with van der Waals surface area (Å²) in [6, 6.07) is 17.3. The molecule has 0 saturated carbocycles. The molecule has 1 saturated heterocycles. The van der Waals surface area contributed by atoms with Crippen molar-refractivity contribution in [3.05, 3.63) is 76.5 Å². The van der Waals surface area contributed by atoms with Crippen molar-refractivity contribution in [2.45, 2.75) is 23.8 Å². The number of ether oxygens (including phenoxy) is 1. The van der Waals surface area contributed by atoms with E-state index in [9.17, 15) is 13.2 Å². The van der Waals surface area contributed by atoms with E-state index in [0.29, 0.717) is 23.5 Å². The molecule has 31 heavy (non-hydrogen) atoms. The molecule has 4 rings (SSSR count). The smallest absolute Gasteiger partial charge is 0.264 e. The number of anilines is 1. The number of para-hydroxylation sites is 2. The van der Waals surface area contributed by atoms with E-state index in [1.54, 1.807) is 47.7 Å². The Hall–Kier alpha value is -2.84. The summed E-state index contributed by atoms with van der Waals surface area (Å²) in [5.41, 5.74) is 0.934. The molecule has 8 heteroatoms. The van der Waals surface area contributed by atoms with Crippen LogP contribution in [-0.2, 0) is 10.0 Å². The van der Waals surface area contributed by atoms with Crippen molar-refractivity contribution < 1.29 is 17.9 Å². The normalized spacial score (nSPS) is 16.3. The van der Waals surface area contributed by atoms with Crippen molar-refractivity contribution in [1.82, 2.24) is 4.90 Å². The molecular weight excluding hydrogens is 432 g/mol. The number of carbonyl (C=O) groups is 1. The van der Waals surface area contributed by atoms with Crippen molar-refractivity contribution in [3.8, 4) is 5.75 Å². The molecule has 0 aliphatic carbocycles. The first-order valence-corrected chi connectivity index (χ1v) is 12.3. The van der Waals surface area contributed by atoms with E-state index in [0.717, 1.165) is 12.8 Å². The van der Waals surface area contributed by atoms with Gasteiger partial charge in [-0.2, -0.15) is 0 Å². The first-order valence-electron chi connectivity index (χ1n) is 10.00. The maximum absolute atomic E-state index is 13.1. The monoisotopic (exact) mass is 456 g/mol. The number of rotatable bonds is 6. The van der Waals surface area contributed by atoms with Crippen LogP contribution in [0.3, 0.4) is 0 Å². The number of hydrogen-bond donors (Lipinski definition) is 0. The Balaban J connectivity index is 1.57. The Morgan fingerprint density at radius 2 is 1.84 bits per heavy atom. The maximum Gasteiger partial charge on any atom is 0.264 e. The van der Waals surface area contributed by atoms with Crippen LogP contribution < -0.4 is 9.04 Å². The number of likely N-dealkylation sites (tertiary alicyclic amines) is 1. The van der Waals surface area contributed by atoms with Crippen LogP contribution in [0.5, 0.6) is 5.75 Å². The predicted molar refractivity (Wildman–Crippen MR) is 122 cm³/mol. The van der Waals surface area contributed by atoms with Crippen LogP contribution in [0.2, 0.25) is 0 Å². The van der Waals surface area contributed by atoms with Crippen LogP contribution in [0.25, 0.3) is 0 Å². The van der Waals surface area contributed by atoms with Crippen LogP contribution in [0.1, 0.15) is 34.1 Å². The molecule has 0 unspecified atom stereocenters. The lowest BCUT2D eigenvalue weighted by Crippen LogP contribution is -2.30. The number of sulfonamides is 1. The lowest BCUT2D eigenvalue weighted by atomic mass is 10.1. The van der Waals surface area contributed by atoms with Crippen LogP contribution in [0, 0.1) is 0 Å². The van der Waals surface area contributed by atoms with Crippen LogP contribution in [0.15, 0.2) is 70.9 Å². The minimum Gasteiger partial charge on any atom is -0.495 e. The van der Waals surface area contributed by atoms with Crippen molar-refractivity contribution in [2.75, 3.05) is 25.0 Å². The molecule has 0 bridgehead atoms. The first-order chi connectivity index (χ1) is 14.9. The van der Waals surface area contributed by atoms with Crippen LogP contribution >= 0.6 is 11.3 Å². The quantitative estimate of drug-likeness (QED) is 0.545. The fraction of sp³-hybridized carbons (Fsp3) is 0.261. The van der Waals surface area contributed by atoms with Crippen molar-refractivity contribution in [3.63, 3.8) is 0 Å². The number of benzene rings is 2. The van der Waals surface area contributed by atoms with Crippen LogP contribution in [-0.4, -0.2) is 39.9 Å². The lowest BCUT2D eigenvalue weighted by molar-refractivity contribution is 0.0738. The zero-order valence-electron chi connectivity index (χ0n) is 17.4. The molecule has 6 nitrogen and oxygen atoms in total. The van der Waals surface area contributed by atoms with Crippen molar-refractivity contribution in [2.24, 2.45) is 0 Å². The van der Waals surface area contributed by atoms with Gasteiger partial charge in [-0.25, -0.2) is 8.42 Å². The Morgan fingerprint density at radius 3 is 2.52 bits per heavy atom. The molecule has 1 fully saturated rings. The Labute approximate surface area is 186 Å². The zero-order valence-corrected chi connectivity index (χ0v) is 19.0. The standard InChI is InChI=1S/C23H24N2O4S2/c1-24(19-7-3-4-9-21(19)29-2)31(27,28)18-13-11-17(12-14-18)23(26)25-15-5-8-20(25)22-10-6-16-30-22/h3-4,6-7,9-14,16,20H,5,8,15H2,1-2H3/t20-/m0/s1. The third-order valence-corrected chi connectivity index (χ3v) is 8.33. The third kappa shape index (κ3) is 4.05. The summed E-state index contributed by atoms with van der Waals surface area (Å²) < 4.78 is 32.7. The Bertz CT molecular complexity index is 1160. The summed E-state index contributed by atoms with van der Waals surface area (Å²) >= 11 is 1.66. The van der Waals surface area contributed by atoms with Gasteiger partial charge in [0, 0.05) is 24.0 Å². The highest BCUT2D eigenvalue weighted by molar-refractivity contribution is 7.92. The summed E-state index contributed by atoms with van der Waals surface area (Å²) in [5, 5.41) is 2.02. The molecule has 1 aromatic heterocycles. The molecule has 162 valence electrons. The first kappa shape index (κ1) is 21.4. The van der Waals surface area contributed by atoms with Gasteiger partial charge in [-0.3, -0.25) is 9.10 Å². The van der Waals surface area contributed by atoms with E-state index in [2.05, 4.69) is 6.07 Å². The number of nitrogens with zero attached hydrogens (tertiary/aromatic N) is 2. The molecule has 1 aliphatic heterocycles. The number of hydrogen-bond acceptors (Lipinski definition) is 5. The molecule has 2 heterocycles. The van der Waals surface area contributed by atoms with Gasteiger partial charge < -0.3 is 9.64 Å². The number of amides is 1. The molecule has 0 spiro atoms. The van der Waals surface area contributed by atoms with Gasteiger partial charge in [-0.05, 0) is 60.7 Å². The molecule has 1 atom stereocenters. The van der Waals surface area contributed by atoms with E-state index < -0.39 is 10.0 Å². The van der Waals surface area contributed by atoms with Gasteiger partial charge in [-0.1, -0.05) is 18.2 Å². The number of thiophene rings is 1. The fourth-order valence-electron chi connectivity index (χ4n) is 3.90. The summed E-state index contributed by atoms with van der Waals surface area (Å²) in [7, 11) is -0.813. The highest BCUT2D eigenvalue weighted by atomic mass is 32.2. The fourth-order valence-corrected chi connectivity index (χ4v) is 5.98. The highest BCUT2D eigenvalue weighted by Crippen LogP contribution is 2.36. The van der Waals surface area contributed by atoms with E-state index in [4.69, 9.17) is 4.74 Å². The highest BCUT2D eigenvalue weighted by Gasteiger charge is 2.31. The third-order valence-electron chi connectivity index (χ3n) is 5.57. The van der Waals surface area contributed by atoms with Gasteiger partial charge in [0.1, 0.15) is 5.75 Å². The second kappa shape index (κ2) is 8.72. The average Bonchev–Trinajstić information content (AvgIpc) is 3.50. The summed E-state index contributed by atoms with van der Waals surface area (Å²) in [6.45, 7) is 0.706. The van der Waals surface area contributed by atoms with Gasteiger partial charge in [0.25, 0.3) is 15.9 Å². The van der Waals surface area contributed by atoms with Gasteiger partial charge in [0.15, 0.2) is 0 Å². The second-order valence-electron chi connectivity index (χ2n) is 7.34. The minimum absolute atomic E-state index is 0.0714. The Morgan fingerprint density at radius 1 is 1.10 bits per heavy atom. The van der Waals surface area contributed by atoms with Gasteiger partial charge in [-0.15, -0.1) is 11.3 Å². The predicted octanol–water partition coefficient (Wildman–Crippen LogP) is 4.56. The largest absolute Gasteiger partial charge is 0.495 e. The minimum atomic E-state index is -3.80. The number of carbonyl (C=O) groups excluding carboxylic acids is 1. The lowest BCUT2D eigenvalue weighted by Gasteiger charge is -2.24. The van der Waals surface area contributed by atoms with E-state index in [-0.39, 0.29) is 16.8 Å². The molecule has 0 N–H and O–H groups in total. The second-order valence-corrected chi connectivity index (χ2v) is 10.3. The topological polar surface area (TPSA) is 66.9 Å². The SMILES string of the molecule is COc1ccccc1N(C)S(=O)(=O)c1ccc(C(=O)N2CCC[C@H]2c2cccs2)cc1. The molecule has 1 aliphatic rings. The van der Waals surface area contributed by atoms with Gasteiger partial charge in [0.2, 0.25) is 0 Å².